The van der Waals surface area contributed by atoms with E-state index in [1.807, 2.05) is 18.2 Å². The SMILES string of the molecule is N#C[C@@H]1CCSc2ccccc2C1=O. The first-order valence-electron chi connectivity index (χ1n) is 4.48. The molecule has 1 aromatic rings. The molecule has 2 nitrogen and oxygen atoms in total. The van der Waals surface area contributed by atoms with Crippen LogP contribution in [-0.2, 0) is 0 Å². The van der Waals surface area contributed by atoms with Crippen LogP contribution >= 0.6 is 11.8 Å². The summed E-state index contributed by atoms with van der Waals surface area (Å²) in [6.45, 7) is 0. The number of nitrogens with zero attached hydrogens (tertiary/aromatic N) is 1. The predicted octanol–water partition coefficient (Wildman–Crippen LogP) is 2.50. The first-order chi connectivity index (χ1) is 6.83. The van der Waals surface area contributed by atoms with Gasteiger partial charge in [-0.25, -0.2) is 0 Å². The van der Waals surface area contributed by atoms with E-state index >= 15 is 0 Å². The van der Waals surface area contributed by atoms with Crippen LogP contribution in [0.15, 0.2) is 29.2 Å². The van der Waals surface area contributed by atoms with E-state index in [0.717, 1.165) is 10.6 Å². The quantitative estimate of drug-likeness (QED) is 0.650. The van der Waals surface area contributed by atoms with Crippen LogP contribution in [0.1, 0.15) is 16.8 Å². The lowest BCUT2D eigenvalue weighted by atomic mass is 9.97. The van der Waals surface area contributed by atoms with Crippen molar-refractivity contribution >= 4 is 17.5 Å². The van der Waals surface area contributed by atoms with Gasteiger partial charge in [0.25, 0.3) is 0 Å². The average molecular weight is 203 g/mol. The number of Topliss-reactive ketones (excluding diaryl/α,β-unsaturated/α-hetero) is 1. The van der Waals surface area contributed by atoms with E-state index in [1.54, 1.807) is 17.8 Å². The lowest BCUT2D eigenvalue weighted by Crippen LogP contribution is -2.12. The summed E-state index contributed by atoms with van der Waals surface area (Å²) in [6.07, 6.45) is 0.661. The van der Waals surface area contributed by atoms with E-state index in [4.69, 9.17) is 5.26 Å². The molecule has 2 rings (SSSR count). The van der Waals surface area contributed by atoms with Gasteiger partial charge in [-0.15, -0.1) is 11.8 Å². The lowest BCUT2D eigenvalue weighted by molar-refractivity contribution is 0.0945. The highest BCUT2D eigenvalue weighted by Gasteiger charge is 2.24. The summed E-state index contributed by atoms with van der Waals surface area (Å²) in [5, 5.41) is 8.83. The molecule has 0 saturated heterocycles. The van der Waals surface area contributed by atoms with Gasteiger partial charge < -0.3 is 0 Å². The molecule has 70 valence electrons. The molecular weight excluding hydrogens is 194 g/mol. The highest BCUT2D eigenvalue weighted by atomic mass is 32.2. The molecule has 3 heteroatoms. The summed E-state index contributed by atoms with van der Waals surface area (Å²) in [4.78, 5) is 12.8. The third-order valence-corrected chi connectivity index (χ3v) is 3.40. The Kier molecular flexibility index (Phi) is 2.55. The van der Waals surface area contributed by atoms with E-state index in [1.165, 1.54) is 0 Å². The summed E-state index contributed by atoms with van der Waals surface area (Å²) in [6, 6.07) is 9.59. The van der Waals surface area contributed by atoms with Gasteiger partial charge in [-0.1, -0.05) is 18.2 Å². The lowest BCUT2D eigenvalue weighted by Gasteiger charge is -2.03. The fraction of sp³-hybridized carbons (Fsp3) is 0.273. The third-order valence-electron chi connectivity index (χ3n) is 2.29. The molecule has 0 spiro atoms. The van der Waals surface area contributed by atoms with E-state index in [-0.39, 0.29) is 5.78 Å². The Labute approximate surface area is 86.9 Å². The van der Waals surface area contributed by atoms with E-state index in [2.05, 4.69) is 6.07 Å². The summed E-state index contributed by atoms with van der Waals surface area (Å²) in [5.41, 5.74) is 0.710. The van der Waals surface area contributed by atoms with Crippen molar-refractivity contribution in [1.29, 1.82) is 5.26 Å². The molecule has 1 heterocycles. The summed E-state index contributed by atoms with van der Waals surface area (Å²) < 4.78 is 0. The number of carbonyl (C=O) groups is 1. The Bertz CT molecular complexity index is 408. The molecule has 14 heavy (non-hydrogen) atoms. The molecule has 1 aromatic carbocycles. The molecule has 0 aliphatic carbocycles. The number of nitriles is 1. The van der Waals surface area contributed by atoms with Crippen LogP contribution in [-0.4, -0.2) is 11.5 Å². The van der Waals surface area contributed by atoms with Gasteiger partial charge in [0.1, 0.15) is 5.92 Å². The number of benzene rings is 1. The fourth-order valence-electron chi connectivity index (χ4n) is 1.52. The first-order valence-corrected chi connectivity index (χ1v) is 5.47. The smallest absolute Gasteiger partial charge is 0.181 e. The third kappa shape index (κ3) is 1.53. The summed E-state index contributed by atoms with van der Waals surface area (Å²) in [5.74, 6) is 0.375. The average Bonchev–Trinajstić information content (AvgIpc) is 2.39. The van der Waals surface area contributed by atoms with Gasteiger partial charge in [0.05, 0.1) is 6.07 Å². The zero-order valence-electron chi connectivity index (χ0n) is 7.56. The maximum atomic E-state index is 11.8. The zero-order chi connectivity index (χ0) is 9.97. The van der Waals surface area contributed by atoms with Crippen LogP contribution in [0.25, 0.3) is 0 Å². The predicted molar refractivity (Wildman–Crippen MR) is 55.2 cm³/mol. The topological polar surface area (TPSA) is 40.9 Å². The minimum atomic E-state index is -0.453. The van der Waals surface area contributed by atoms with Crippen LogP contribution in [0.5, 0.6) is 0 Å². The van der Waals surface area contributed by atoms with Crippen LogP contribution in [0, 0.1) is 17.2 Å². The van der Waals surface area contributed by atoms with Crippen molar-refractivity contribution in [3.05, 3.63) is 29.8 Å². The molecular formula is C11H9NOS. The number of rotatable bonds is 0. The maximum Gasteiger partial charge on any atom is 0.181 e. The molecule has 1 aliphatic rings. The van der Waals surface area contributed by atoms with Crippen molar-refractivity contribution in [3.8, 4) is 6.07 Å². The monoisotopic (exact) mass is 203 g/mol. The maximum absolute atomic E-state index is 11.8. The van der Waals surface area contributed by atoms with Crippen LogP contribution in [0.2, 0.25) is 0 Å². The van der Waals surface area contributed by atoms with Crippen molar-refractivity contribution in [3.63, 3.8) is 0 Å². The number of carbonyl (C=O) groups excluding carboxylic acids is 1. The Hall–Kier alpha value is -1.27. The molecule has 0 unspecified atom stereocenters. The van der Waals surface area contributed by atoms with Gasteiger partial charge in [-0.3, -0.25) is 4.79 Å². The largest absolute Gasteiger partial charge is 0.293 e. The number of hydrogen-bond acceptors (Lipinski definition) is 3. The van der Waals surface area contributed by atoms with Crippen molar-refractivity contribution < 1.29 is 4.79 Å². The highest BCUT2D eigenvalue weighted by Crippen LogP contribution is 2.30. The molecule has 0 fully saturated rings. The Morgan fingerprint density at radius 2 is 2.21 bits per heavy atom. The van der Waals surface area contributed by atoms with Gasteiger partial charge in [0.15, 0.2) is 5.78 Å². The molecule has 0 saturated carbocycles. The van der Waals surface area contributed by atoms with Crippen molar-refractivity contribution in [2.45, 2.75) is 11.3 Å². The van der Waals surface area contributed by atoms with Gasteiger partial charge in [-0.2, -0.15) is 5.26 Å². The molecule has 0 aromatic heterocycles. The van der Waals surface area contributed by atoms with Crippen LogP contribution in [0.4, 0.5) is 0 Å². The van der Waals surface area contributed by atoms with E-state index < -0.39 is 5.92 Å². The van der Waals surface area contributed by atoms with Crippen molar-refractivity contribution in [1.82, 2.24) is 0 Å². The molecule has 0 amide bonds. The van der Waals surface area contributed by atoms with Crippen LogP contribution in [0.3, 0.4) is 0 Å². The zero-order valence-corrected chi connectivity index (χ0v) is 8.38. The Balaban J connectivity index is 2.46. The standard InChI is InChI=1S/C11H9NOS/c12-7-8-5-6-14-10-4-2-1-3-9(10)11(8)13/h1-4,8H,5-6H2/t8-/m0/s1. The number of fused-ring (bicyclic) bond motifs is 1. The van der Waals surface area contributed by atoms with Gasteiger partial charge in [-0.05, 0) is 18.2 Å². The summed E-state index contributed by atoms with van der Waals surface area (Å²) in [7, 11) is 0. The summed E-state index contributed by atoms with van der Waals surface area (Å²) >= 11 is 1.66. The molecule has 1 atom stereocenters. The first kappa shape index (κ1) is 9.29. The molecule has 0 bridgehead atoms. The second kappa shape index (κ2) is 3.85. The molecule has 1 aliphatic heterocycles. The fourth-order valence-corrected chi connectivity index (χ4v) is 2.60. The second-order valence-corrected chi connectivity index (χ2v) is 4.32. The number of thioether (sulfide) groups is 1. The minimum Gasteiger partial charge on any atom is -0.293 e. The Morgan fingerprint density at radius 3 is 3.00 bits per heavy atom. The normalized spacial score (nSPS) is 20.8. The van der Waals surface area contributed by atoms with Crippen molar-refractivity contribution in [2.24, 2.45) is 5.92 Å². The van der Waals surface area contributed by atoms with Gasteiger partial charge in [0, 0.05) is 10.5 Å². The number of ketones is 1. The van der Waals surface area contributed by atoms with Crippen LogP contribution < -0.4 is 0 Å². The number of hydrogen-bond donors (Lipinski definition) is 0. The van der Waals surface area contributed by atoms with Gasteiger partial charge in [0.2, 0.25) is 0 Å². The van der Waals surface area contributed by atoms with Crippen molar-refractivity contribution in [2.75, 3.05) is 5.75 Å². The molecule has 0 radical (unpaired) electrons. The van der Waals surface area contributed by atoms with Gasteiger partial charge >= 0.3 is 0 Å². The second-order valence-electron chi connectivity index (χ2n) is 3.18. The molecule has 0 N–H and O–H groups in total. The Morgan fingerprint density at radius 1 is 1.43 bits per heavy atom. The highest BCUT2D eigenvalue weighted by molar-refractivity contribution is 7.99. The van der Waals surface area contributed by atoms with E-state index in [9.17, 15) is 4.79 Å². The minimum absolute atomic E-state index is 0.0203. The van der Waals surface area contributed by atoms with E-state index in [0.29, 0.717) is 12.0 Å².